The lowest BCUT2D eigenvalue weighted by molar-refractivity contribution is 0.0407. The van der Waals surface area contributed by atoms with E-state index in [4.69, 9.17) is 0 Å². The highest BCUT2D eigenvalue weighted by molar-refractivity contribution is 7.91. The van der Waals surface area contributed by atoms with Crippen molar-refractivity contribution in [2.45, 2.75) is 17.4 Å². The van der Waals surface area contributed by atoms with Gasteiger partial charge in [-0.2, -0.15) is 0 Å². The fraction of sp³-hybridized carbons (Fsp3) is 0.136. The van der Waals surface area contributed by atoms with Gasteiger partial charge in [-0.05, 0) is 24.6 Å². The second-order valence-electron chi connectivity index (χ2n) is 6.49. The first-order valence-electron chi connectivity index (χ1n) is 8.50. The summed E-state index contributed by atoms with van der Waals surface area (Å²) < 4.78 is 25.9. The van der Waals surface area contributed by atoms with E-state index in [0.717, 1.165) is 5.56 Å². The number of Topliss-reactive ketones (excluding diaryl/α,β-unsaturated/α-hetero) is 1. The molecule has 1 unspecified atom stereocenters. The van der Waals surface area contributed by atoms with Crippen molar-refractivity contribution in [3.05, 3.63) is 102 Å². The molecule has 0 spiro atoms. The highest BCUT2D eigenvalue weighted by atomic mass is 32.2. The van der Waals surface area contributed by atoms with E-state index in [-0.39, 0.29) is 16.0 Å². The average Bonchev–Trinajstić information content (AvgIpc) is 2.68. The van der Waals surface area contributed by atoms with Crippen molar-refractivity contribution in [3.63, 3.8) is 0 Å². The summed E-state index contributed by atoms with van der Waals surface area (Å²) in [5.74, 6) is -1.38. The third-order valence-corrected chi connectivity index (χ3v) is 6.23. The zero-order valence-corrected chi connectivity index (χ0v) is 15.7. The molecule has 1 atom stereocenters. The molecule has 0 bridgehead atoms. The first-order valence-corrected chi connectivity index (χ1v) is 10.2. The SMILES string of the molecule is Cc1ccc(S(=O)(=O)CC(O)(C(=O)c2ccccc2)c2ccccc2)cc1. The van der Waals surface area contributed by atoms with Gasteiger partial charge < -0.3 is 5.11 Å². The Morgan fingerprint density at radius 2 is 1.37 bits per heavy atom. The number of carbonyl (C=O) groups is 1. The molecule has 3 rings (SSSR count). The molecule has 138 valence electrons. The number of aryl methyl sites for hydroxylation is 1. The minimum atomic E-state index is -3.91. The standard InChI is InChI=1S/C22H20O4S/c1-17-12-14-20(15-13-17)27(25,26)16-22(24,19-10-6-3-7-11-19)21(23)18-8-4-2-5-9-18/h2-15,24H,16H2,1H3. The van der Waals surface area contributed by atoms with Crippen LogP contribution in [0, 0.1) is 6.92 Å². The third-order valence-electron chi connectivity index (χ3n) is 4.44. The smallest absolute Gasteiger partial charge is 0.199 e. The Morgan fingerprint density at radius 3 is 1.93 bits per heavy atom. The predicted molar refractivity (Wildman–Crippen MR) is 104 cm³/mol. The maximum Gasteiger partial charge on any atom is 0.199 e. The molecule has 27 heavy (non-hydrogen) atoms. The van der Waals surface area contributed by atoms with Gasteiger partial charge in [0.25, 0.3) is 0 Å². The Kier molecular flexibility index (Phi) is 5.26. The highest BCUT2D eigenvalue weighted by Crippen LogP contribution is 2.30. The summed E-state index contributed by atoms with van der Waals surface area (Å²) in [7, 11) is -3.91. The van der Waals surface area contributed by atoms with Gasteiger partial charge >= 0.3 is 0 Å². The van der Waals surface area contributed by atoms with Gasteiger partial charge in [-0.25, -0.2) is 8.42 Å². The highest BCUT2D eigenvalue weighted by Gasteiger charge is 2.43. The molecule has 0 aliphatic rings. The molecule has 3 aromatic rings. The van der Waals surface area contributed by atoms with Gasteiger partial charge in [-0.15, -0.1) is 0 Å². The number of benzene rings is 3. The number of rotatable bonds is 6. The fourth-order valence-corrected chi connectivity index (χ4v) is 4.49. The first-order chi connectivity index (χ1) is 12.8. The number of hydrogen-bond acceptors (Lipinski definition) is 4. The Balaban J connectivity index is 2.08. The number of aliphatic hydroxyl groups is 1. The lowest BCUT2D eigenvalue weighted by Gasteiger charge is -2.27. The van der Waals surface area contributed by atoms with Crippen LogP contribution in [0.1, 0.15) is 21.5 Å². The zero-order chi connectivity index (χ0) is 19.5. The van der Waals surface area contributed by atoms with Gasteiger partial charge in [0.05, 0.1) is 10.6 Å². The van der Waals surface area contributed by atoms with Crippen LogP contribution in [0.4, 0.5) is 0 Å². The van der Waals surface area contributed by atoms with Crippen molar-refractivity contribution in [1.29, 1.82) is 0 Å². The van der Waals surface area contributed by atoms with Crippen molar-refractivity contribution in [2.75, 3.05) is 5.75 Å². The monoisotopic (exact) mass is 380 g/mol. The van der Waals surface area contributed by atoms with E-state index in [1.165, 1.54) is 12.1 Å². The van der Waals surface area contributed by atoms with Gasteiger partial charge in [0.1, 0.15) is 0 Å². The zero-order valence-electron chi connectivity index (χ0n) is 14.9. The molecule has 0 aliphatic heterocycles. The van der Waals surface area contributed by atoms with E-state index in [1.807, 2.05) is 6.92 Å². The minimum absolute atomic E-state index is 0.0725. The lowest BCUT2D eigenvalue weighted by atomic mass is 9.87. The van der Waals surface area contributed by atoms with Crippen LogP contribution in [0.3, 0.4) is 0 Å². The van der Waals surface area contributed by atoms with E-state index in [9.17, 15) is 18.3 Å². The van der Waals surface area contributed by atoms with E-state index >= 15 is 0 Å². The van der Waals surface area contributed by atoms with Crippen molar-refractivity contribution in [2.24, 2.45) is 0 Å². The molecule has 3 aromatic carbocycles. The van der Waals surface area contributed by atoms with Crippen LogP contribution in [0.25, 0.3) is 0 Å². The molecule has 0 aliphatic carbocycles. The molecule has 5 heteroatoms. The molecule has 4 nitrogen and oxygen atoms in total. The normalized spacial score (nSPS) is 13.7. The number of carbonyl (C=O) groups excluding carboxylic acids is 1. The Hall–Kier alpha value is -2.76. The molecule has 1 N–H and O–H groups in total. The Bertz CT molecular complexity index is 1030. The molecular weight excluding hydrogens is 360 g/mol. The third kappa shape index (κ3) is 3.99. The van der Waals surface area contributed by atoms with Crippen LogP contribution in [-0.4, -0.2) is 25.1 Å². The summed E-state index contributed by atoms with van der Waals surface area (Å²) in [6.07, 6.45) is 0. The summed E-state index contributed by atoms with van der Waals surface area (Å²) in [5.41, 5.74) is -0.767. The quantitative estimate of drug-likeness (QED) is 0.664. The molecule has 0 saturated heterocycles. The topological polar surface area (TPSA) is 71.4 Å². The van der Waals surface area contributed by atoms with Crippen molar-refractivity contribution >= 4 is 15.6 Å². The van der Waals surface area contributed by atoms with Gasteiger partial charge in [0.15, 0.2) is 21.2 Å². The van der Waals surface area contributed by atoms with E-state index in [0.29, 0.717) is 0 Å². The fourth-order valence-electron chi connectivity index (χ4n) is 2.93. The maximum atomic E-state index is 13.1. The Labute approximate surface area is 159 Å². The van der Waals surface area contributed by atoms with E-state index in [2.05, 4.69) is 0 Å². The Morgan fingerprint density at radius 1 is 0.852 bits per heavy atom. The van der Waals surface area contributed by atoms with Crippen LogP contribution < -0.4 is 0 Å². The summed E-state index contributed by atoms with van der Waals surface area (Å²) in [5, 5.41) is 11.3. The average molecular weight is 380 g/mol. The molecular formula is C22H20O4S. The molecule has 0 saturated carbocycles. The second kappa shape index (κ2) is 7.47. The van der Waals surface area contributed by atoms with Crippen LogP contribution in [0.5, 0.6) is 0 Å². The van der Waals surface area contributed by atoms with E-state index < -0.39 is 27.0 Å². The minimum Gasteiger partial charge on any atom is -0.376 e. The molecule has 0 radical (unpaired) electrons. The van der Waals surface area contributed by atoms with Crippen molar-refractivity contribution in [1.82, 2.24) is 0 Å². The van der Waals surface area contributed by atoms with Crippen LogP contribution >= 0.6 is 0 Å². The summed E-state index contributed by atoms with van der Waals surface area (Å²) in [6.45, 7) is 1.86. The molecule has 0 aromatic heterocycles. The van der Waals surface area contributed by atoms with Crippen LogP contribution in [0.15, 0.2) is 89.8 Å². The summed E-state index contributed by atoms with van der Waals surface area (Å²) in [6, 6.07) is 22.8. The number of hydrogen-bond donors (Lipinski definition) is 1. The van der Waals surface area contributed by atoms with Crippen molar-refractivity contribution in [3.8, 4) is 0 Å². The predicted octanol–water partition coefficient (Wildman–Crippen LogP) is 3.54. The molecule has 0 heterocycles. The number of ketones is 1. The van der Waals surface area contributed by atoms with Gasteiger partial charge in [0.2, 0.25) is 0 Å². The largest absolute Gasteiger partial charge is 0.376 e. The van der Waals surface area contributed by atoms with Crippen LogP contribution in [-0.2, 0) is 15.4 Å². The van der Waals surface area contributed by atoms with Gasteiger partial charge in [-0.1, -0.05) is 78.4 Å². The van der Waals surface area contributed by atoms with Gasteiger partial charge in [0, 0.05) is 5.56 Å². The number of sulfone groups is 1. The maximum absolute atomic E-state index is 13.1. The van der Waals surface area contributed by atoms with Crippen molar-refractivity contribution < 1.29 is 18.3 Å². The van der Waals surface area contributed by atoms with Gasteiger partial charge in [-0.3, -0.25) is 4.79 Å². The van der Waals surface area contributed by atoms with E-state index in [1.54, 1.807) is 72.8 Å². The van der Waals surface area contributed by atoms with Crippen LogP contribution in [0.2, 0.25) is 0 Å². The molecule has 0 amide bonds. The lowest BCUT2D eigenvalue weighted by Crippen LogP contribution is -2.42. The summed E-state index contributed by atoms with van der Waals surface area (Å²) in [4.78, 5) is 13.2. The molecule has 0 fully saturated rings. The summed E-state index contributed by atoms with van der Waals surface area (Å²) >= 11 is 0. The second-order valence-corrected chi connectivity index (χ2v) is 8.48. The first kappa shape index (κ1) is 19.0.